The number of rotatable bonds is 8. The second-order valence-corrected chi connectivity index (χ2v) is 10.8. The van der Waals surface area contributed by atoms with E-state index < -0.39 is 97.7 Å². The second-order valence-electron chi connectivity index (χ2n) is 10.8. The van der Waals surface area contributed by atoms with E-state index in [0.717, 1.165) is 0 Å². The Morgan fingerprint density at radius 3 is 2.16 bits per heavy atom. The highest BCUT2D eigenvalue weighted by molar-refractivity contribution is 5.86. The third kappa shape index (κ3) is 5.84. The van der Waals surface area contributed by atoms with Gasteiger partial charge in [-0.1, -0.05) is 0 Å². The van der Waals surface area contributed by atoms with E-state index in [-0.39, 0.29) is 38.3 Å². The average molecular weight is 552 g/mol. The van der Waals surface area contributed by atoms with Crippen molar-refractivity contribution in [1.29, 1.82) is 0 Å². The van der Waals surface area contributed by atoms with Crippen molar-refractivity contribution in [3.8, 4) is 0 Å². The summed E-state index contributed by atoms with van der Waals surface area (Å²) < 4.78 is 22.8. The van der Waals surface area contributed by atoms with Crippen LogP contribution in [0.5, 0.6) is 0 Å². The van der Waals surface area contributed by atoms with Gasteiger partial charge in [-0.3, -0.25) is 4.79 Å². The molecule has 0 aromatic heterocycles. The third-order valence-corrected chi connectivity index (χ3v) is 7.88. The first-order valence-corrected chi connectivity index (χ1v) is 12.8. The zero-order chi connectivity index (χ0) is 27.9. The summed E-state index contributed by atoms with van der Waals surface area (Å²) in [4.78, 5) is 12.6. The van der Waals surface area contributed by atoms with E-state index >= 15 is 0 Å². The molecule has 0 radical (unpaired) electrons. The highest BCUT2D eigenvalue weighted by Gasteiger charge is 2.52. The number of hydrogen-bond donors (Lipinski definition) is 11. The molecule has 4 aliphatic rings. The molecule has 13 atom stereocenters. The monoisotopic (exact) mass is 551 g/mol. The highest BCUT2D eigenvalue weighted by Crippen LogP contribution is 2.34. The van der Waals surface area contributed by atoms with Gasteiger partial charge in [0.15, 0.2) is 12.6 Å². The van der Waals surface area contributed by atoms with Crippen LogP contribution in [0.25, 0.3) is 0 Å². The largest absolute Gasteiger partial charge is 0.394 e. The van der Waals surface area contributed by atoms with Gasteiger partial charge in [0.25, 0.3) is 5.91 Å². The molecule has 2 heterocycles. The Balaban J connectivity index is 1.39. The molecular formula is C22H41N5O11. The smallest absolute Gasteiger partial charge is 0.252 e. The molecule has 0 bridgehead atoms. The van der Waals surface area contributed by atoms with Gasteiger partial charge in [0.1, 0.15) is 48.3 Å². The van der Waals surface area contributed by atoms with Crippen molar-refractivity contribution in [2.45, 2.75) is 117 Å². The maximum Gasteiger partial charge on any atom is 0.252 e. The van der Waals surface area contributed by atoms with Crippen LogP contribution in [0.4, 0.5) is 0 Å². The van der Waals surface area contributed by atoms with E-state index in [1.807, 2.05) is 0 Å². The Bertz CT molecular complexity index is 821. The van der Waals surface area contributed by atoms with E-state index in [4.69, 9.17) is 41.9 Å². The standard InChI is InChI=1S/C22H41N5O11/c23-5-11-15(30)16(31)13(26)19(36-11)38-18-12(6-28)37-20(17(18)32)35-10-2-7(24)1-9(14(10)29)27-21(33)22(34)3-8(25)4-22/h7-20,28-32,34H,1-6,23-26H2,(H,27,33)/t7-,8?,9+,10-,11-,12+,13+,14-,15+,16+,17+,18+,19+,20+,22?/m0/s1. The molecule has 2 saturated carbocycles. The van der Waals surface area contributed by atoms with E-state index in [2.05, 4.69) is 5.32 Å². The van der Waals surface area contributed by atoms with Crippen molar-refractivity contribution in [1.82, 2.24) is 5.32 Å². The molecule has 0 aromatic carbocycles. The first kappa shape index (κ1) is 29.9. The van der Waals surface area contributed by atoms with Gasteiger partial charge in [0.2, 0.25) is 0 Å². The molecular weight excluding hydrogens is 510 g/mol. The zero-order valence-electron chi connectivity index (χ0n) is 20.9. The lowest BCUT2D eigenvalue weighted by Gasteiger charge is -2.43. The zero-order valence-corrected chi connectivity index (χ0v) is 20.9. The highest BCUT2D eigenvalue weighted by atomic mass is 16.7. The minimum absolute atomic E-state index is 0.107. The quantitative estimate of drug-likeness (QED) is 0.134. The van der Waals surface area contributed by atoms with Crippen LogP contribution in [0.1, 0.15) is 25.7 Å². The van der Waals surface area contributed by atoms with Crippen LogP contribution in [0.2, 0.25) is 0 Å². The Morgan fingerprint density at radius 2 is 1.55 bits per heavy atom. The van der Waals surface area contributed by atoms with Crippen molar-refractivity contribution in [2.75, 3.05) is 13.2 Å². The molecule has 0 aromatic rings. The number of amides is 1. The lowest BCUT2D eigenvalue weighted by molar-refractivity contribution is -0.280. The first-order valence-electron chi connectivity index (χ1n) is 12.8. The van der Waals surface area contributed by atoms with Crippen molar-refractivity contribution in [3.05, 3.63) is 0 Å². The summed E-state index contributed by atoms with van der Waals surface area (Å²) in [5.41, 5.74) is 21.7. The molecule has 38 heavy (non-hydrogen) atoms. The molecule has 4 fully saturated rings. The van der Waals surface area contributed by atoms with Gasteiger partial charge in [-0.2, -0.15) is 0 Å². The molecule has 16 heteroatoms. The molecule has 15 N–H and O–H groups in total. The summed E-state index contributed by atoms with van der Waals surface area (Å²) in [7, 11) is 0. The van der Waals surface area contributed by atoms with Crippen LogP contribution in [-0.2, 0) is 23.7 Å². The summed E-state index contributed by atoms with van der Waals surface area (Å²) >= 11 is 0. The van der Waals surface area contributed by atoms with Crippen LogP contribution >= 0.6 is 0 Å². The minimum Gasteiger partial charge on any atom is -0.394 e. The SMILES string of the molecule is NC[C@@H]1O[C@H](O[C@H]2[C@@H](O)[C@H](O[C@H]3C[C@@H](N)C[C@@H](NC(=O)C4(O)CC(N)C4)[C@@H]3O)O[C@@H]2CO)[C@H](N)[C@@H](O)[C@@H]1O. The Morgan fingerprint density at radius 1 is 0.895 bits per heavy atom. The van der Waals surface area contributed by atoms with Crippen LogP contribution in [-0.4, -0.2) is 141 Å². The maximum absolute atomic E-state index is 12.6. The molecule has 2 aliphatic heterocycles. The lowest BCUT2D eigenvalue weighted by Crippen LogP contribution is -2.65. The van der Waals surface area contributed by atoms with Gasteiger partial charge < -0.3 is 77.8 Å². The van der Waals surface area contributed by atoms with Gasteiger partial charge in [-0.25, -0.2) is 0 Å². The molecule has 16 nitrogen and oxygen atoms in total. The van der Waals surface area contributed by atoms with Gasteiger partial charge in [0, 0.05) is 31.5 Å². The van der Waals surface area contributed by atoms with Crippen molar-refractivity contribution in [3.63, 3.8) is 0 Å². The number of carbonyl (C=O) groups is 1. The number of nitrogens with one attached hydrogen (secondary N) is 1. The van der Waals surface area contributed by atoms with Crippen LogP contribution < -0.4 is 28.3 Å². The molecule has 2 aliphatic carbocycles. The fourth-order valence-corrected chi connectivity index (χ4v) is 5.56. The minimum atomic E-state index is -1.60. The Labute approximate surface area is 219 Å². The number of ether oxygens (including phenoxy) is 4. The predicted octanol–water partition coefficient (Wildman–Crippen LogP) is -6.61. The van der Waals surface area contributed by atoms with Gasteiger partial charge in [-0.15, -0.1) is 0 Å². The van der Waals surface area contributed by atoms with E-state index in [1.165, 1.54) is 0 Å². The third-order valence-electron chi connectivity index (χ3n) is 7.88. The summed E-state index contributed by atoms with van der Waals surface area (Å²) in [6.07, 6.45) is -11.8. The lowest BCUT2D eigenvalue weighted by atomic mass is 9.75. The fourth-order valence-electron chi connectivity index (χ4n) is 5.56. The van der Waals surface area contributed by atoms with Crippen molar-refractivity contribution < 1.29 is 54.4 Å². The fraction of sp³-hybridized carbons (Fsp3) is 0.955. The molecule has 0 unspecified atom stereocenters. The number of carbonyl (C=O) groups excluding carboxylic acids is 1. The van der Waals surface area contributed by atoms with Crippen molar-refractivity contribution >= 4 is 5.91 Å². The Kier molecular flexibility index (Phi) is 9.28. The molecule has 1 amide bonds. The van der Waals surface area contributed by atoms with E-state index in [0.29, 0.717) is 0 Å². The number of aliphatic hydroxyl groups excluding tert-OH is 5. The number of nitrogens with two attached hydrogens (primary N) is 4. The summed E-state index contributed by atoms with van der Waals surface area (Å²) in [5, 5.41) is 65.0. The summed E-state index contributed by atoms with van der Waals surface area (Å²) in [6, 6.07) is -2.80. The normalized spacial score (nSPS) is 51.4. The van der Waals surface area contributed by atoms with Crippen LogP contribution in [0.3, 0.4) is 0 Å². The molecule has 0 spiro atoms. The average Bonchev–Trinajstić information content (AvgIpc) is 3.15. The van der Waals surface area contributed by atoms with Crippen molar-refractivity contribution in [2.24, 2.45) is 22.9 Å². The Hall–Kier alpha value is -1.09. The molecule has 4 rings (SSSR count). The number of hydrogen-bond acceptors (Lipinski definition) is 15. The van der Waals surface area contributed by atoms with Gasteiger partial charge in [0.05, 0.1) is 24.8 Å². The predicted molar refractivity (Wildman–Crippen MR) is 127 cm³/mol. The topological polar surface area (TPSA) is 291 Å². The molecule has 2 saturated heterocycles. The summed E-state index contributed by atoms with van der Waals surface area (Å²) in [6.45, 7) is -0.716. The molecule has 220 valence electrons. The maximum atomic E-state index is 12.6. The van der Waals surface area contributed by atoms with Gasteiger partial charge >= 0.3 is 0 Å². The number of aliphatic hydroxyl groups is 6. The van der Waals surface area contributed by atoms with Crippen LogP contribution in [0.15, 0.2) is 0 Å². The van der Waals surface area contributed by atoms with E-state index in [9.17, 15) is 35.4 Å². The first-order chi connectivity index (χ1) is 17.9. The van der Waals surface area contributed by atoms with E-state index in [1.54, 1.807) is 0 Å². The van der Waals surface area contributed by atoms with Gasteiger partial charge in [-0.05, 0) is 12.8 Å². The summed E-state index contributed by atoms with van der Waals surface area (Å²) in [5.74, 6) is -0.658. The van der Waals surface area contributed by atoms with Crippen LogP contribution in [0, 0.1) is 0 Å². The second kappa shape index (κ2) is 11.8.